The van der Waals surface area contributed by atoms with Crippen LogP contribution in [0.5, 0.6) is 5.75 Å². The van der Waals surface area contributed by atoms with E-state index in [1.807, 2.05) is 18.2 Å². The number of piperidine rings is 1. The van der Waals surface area contributed by atoms with Gasteiger partial charge in [0.25, 0.3) is 5.91 Å². The van der Waals surface area contributed by atoms with E-state index in [1.54, 1.807) is 0 Å². The summed E-state index contributed by atoms with van der Waals surface area (Å²) in [6.45, 7) is 5.17. The van der Waals surface area contributed by atoms with E-state index in [0.29, 0.717) is 11.7 Å². The van der Waals surface area contributed by atoms with Gasteiger partial charge in [-0.05, 0) is 55.5 Å². The highest BCUT2D eigenvalue weighted by Gasteiger charge is 2.21. The lowest BCUT2D eigenvalue weighted by molar-refractivity contribution is -0.119. The van der Waals surface area contributed by atoms with E-state index in [9.17, 15) is 4.79 Å². The minimum Gasteiger partial charge on any atom is -0.484 e. The van der Waals surface area contributed by atoms with Gasteiger partial charge < -0.3 is 10.5 Å². The second kappa shape index (κ2) is 8.17. The molecular formula is C21H26N2O2. The zero-order chi connectivity index (χ0) is 17.6. The van der Waals surface area contributed by atoms with E-state index >= 15 is 0 Å². The molecule has 25 heavy (non-hydrogen) atoms. The Morgan fingerprint density at radius 3 is 2.88 bits per heavy atom. The number of carbonyl (C=O) groups is 1. The van der Waals surface area contributed by atoms with Gasteiger partial charge in [-0.15, -0.1) is 0 Å². The molecule has 0 unspecified atom stereocenters. The van der Waals surface area contributed by atoms with Gasteiger partial charge in [-0.2, -0.15) is 0 Å². The summed E-state index contributed by atoms with van der Waals surface area (Å²) in [4.78, 5) is 13.4. The summed E-state index contributed by atoms with van der Waals surface area (Å²) < 4.78 is 5.41. The van der Waals surface area contributed by atoms with Crippen molar-refractivity contribution in [2.45, 2.75) is 32.2 Å². The van der Waals surface area contributed by atoms with Gasteiger partial charge in [0.15, 0.2) is 6.61 Å². The predicted molar refractivity (Wildman–Crippen MR) is 99.6 cm³/mol. The molecule has 1 fully saturated rings. The minimum atomic E-state index is -0.456. The summed E-state index contributed by atoms with van der Waals surface area (Å²) in [5, 5.41) is 0. The van der Waals surface area contributed by atoms with Crippen LogP contribution in [-0.4, -0.2) is 30.5 Å². The number of hydrogen-bond donors (Lipinski definition) is 1. The largest absolute Gasteiger partial charge is 0.484 e. The third-order valence-electron chi connectivity index (χ3n) is 4.70. The van der Waals surface area contributed by atoms with Crippen LogP contribution in [0.1, 0.15) is 35.4 Å². The lowest BCUT2D eigenvalue weighted by Gasteiger charge is -2.33. The molecular weight excluding hydrogens is 312 g/mol. The van der Waals surface area contributed by atoms with Crippen LogP contribution in [0, 0.1) is 6.92 Å². The lowest BCUT2D eigenvalue weighted by atomic mass is 9.89. The quantitative estimate of drug-likeness (QED) is 0.880. The van der Waals surface area contributed by atoms with Gasteiger partial charge in [0.2, 0.25) is 0 Å². The summed E-state index contributed by atoms with van der Waals surface area (Å²) in [7, 11) is 0. The normalized spacial score (nSPS) is 18.0. The molecule has 0 aromatic heterocycles. The fourth-order valence-corrected chi connectivity index (χ4v) is 3.54. The van der Waals surface area contributed by atoms with E-state index in [0.717, 1.165) is 19.6 Å². The molecule has 0 aliphatic carbocycles. The topological polar surface area (TPSA) is 55.6 Å². The van der Waals surface area contributed by atoms with Gasteiger partial charge >= 0.3 is 0 Å². The number of amides is 1. The number of hydrogen-bond acceptors (Lipinski definition) is 3. The van der Waals surface area contributed by atoms with Crippen molar-refractivity contribution in [3.63, 3.8) is 0 Å². The summed E-state index contributed by atoms with van der Waals surface area (Å²) in [5.74, 6) is 0.842. The number of nitrogens with zero attached hydrogens (tertiary/aromatic N) is 1. The first-order chi connectivity index (χ1) is 12.1. The van der Waals surface area contributed by atoms with Gasteiger partial charge in [-0.25, -0.2) is 0 Å². The number of likely N-dealkylation sites (tertiary alicyclic amines) is 1. The Balaban J connectivity index is 1.62. The molecule has 1 aliphatic rings. The number of primary amides is 1. The molecule has 1 aliphatic heterocycles. The number of aryl methyl sites for hydroxylation is 1. The SMILES string of the molecule is Cc1cccc([C@@H]2CCCN(Cc3cccc(OCC(N)=O)c3)C2)c1. The smallest absolute Gasteiger partial charge is 0.255 e. The molecule has 0 saturated carbocycles. The van der Waals surface area contributed by atoms with Crippen LogP contribution < -0.4 is 10.5 Å². The average molecular weight is 338 g/mol. The number of carbonyl (C=O) groups excluding carboxylic acids is 1. The maximum Gasteiger partial charge on any atom is 0.255 e. The fraction of sp³-hybridized carbons (Fsp3) is 0.381. The summed E-state index contributed by atoms with van der Waals surface area (Å²) in [6.07, 6.45) is 2.47. The van der Waals surface area contributed by atoms with Crippen LogP contribution in [-0.2, 0) is 11.3 Å². The Labute approximate surface area is 149 Å². The minimum absolute atomic E-state index is 0.0808. The maximum absolute atomic E-state index is 10.9. The van der Waals surface area contributed by atoms with Crippen molar-refractivity contribution in [1.29, 1.82) is 0 Å². The van der Waals surface area contributed by atoms with Gasteiger partial charge in [0, 0.05) is 13.1 Å². The molecule has 2 N–H and O–H groups in total. The number of rotatable bonds is 6. The molecule has 1 saturated heterocycles. The molecule has 4 heteroatoms. The van der Waals surface area contributed by atoms with Gasteiger partial charge in [-0.3, -0.25) is 9.69 Å². The molecule has 3 rings (SSSR count). The van der Waals surface area contributed by atoms with E-state index in [1.165, 1.54) is 29.5 Å². The van der Waals surface area contributed by atoms with Crippen LogP contribution >= 0.6 is 0 Å². The molecule has 0 radical (unpaired) electrons. The van der Waals surface area contributed by atoms with Crippen molar-refractivity contribution in [1.82, 2.24) is 4.90 Å². The van der Waals surface area contributed by atoms with Gasteiger partial charge in [0.05, 0.1) is 0 Å². The molecule has 1 amide bonds. The van der Waals surface area contributed by atoms with E-state index in [-0.39, 0.29) is 6.61 Å². The first-order valence-electron chi connectivity index (χ1n) is 8.89. The highest BCUT2D eigenvalue weighted by atomic mass is 16.5. The first-order valence-corrected chi connectivity index (χ1v) is 8.89. The maximum atomic E-state index is 10.9. The molecule has 0 spiro atoms. The van der Waals surface area contributed by atoms with E-state index < -0.39 is 5.91 Å². The monoisotopic (exact) mass is 338 g/mol. The van der Waals surface area contributed by atoms with Crippen molar-refractivity contribution in [2.24, 2.45) is 5.73 Å². The Morgan fingerprint density at radius 2 is 2.08 bits per heavy atom. The van der Waals surface area contributed by atoms with Crippen molar-refractivity contribution < 1.29 is 9.53 Å². The van der Waals surface area contributed by atoms with Crippen LogP contribution in [0.25, 0.3) is 0 Å². The molecule has 0 bridgehead atoms. The number of benzene rings is 2. The molecule has 1 heterocycles. The fourth-order valence-electron chi connectivity index (χ4n) is 3.54. The molecule has 2 aromatic carbocycles. The highest BCUT2D eigenvalue weighted by Crippen LogP contribution is 2.28. The zero-order valence-corrected chi connectivity index (χ0v) is 14.8. The lowest BCUT2D eigenvalue weighted by Crippen LogP contribution is -2.33. The second-order valence-electron chi connectivity index (χ2n) is 6.89. The zero-order valence-electron chi connectivity index (χ0n) is 14.8. The van der Waals surface area contributed by atoms with E-state index in [4.69, 9.17) is 10.5 Å². The van der Waals surface area contributed by atoms with Gasteiger partial charge in [0.1, 0.15) is 5.75 Å². The van der Waals surface area contributed by atoms with Crippen LogP contribution in [0.2, 0.25) is 0 Å². The Bertz CT molecular complexity index is 729. The van der Waals surface area contributed by atoms with Crippen molar-refractivity contribution in [2.75, 3.05) is 19.7 Å². The van der Waals surface area contributed by atoms with Crippen LogP contribution in [0.3, 0.4) is 0 Å². The summed E-state index contributed by atoms with van der Waals surface area (Å²) >= 11 is 0. The first kappa shape index (κ1) is 17.5. The highest BCUT2D eigenvalue weighted by molar-refractivity contribution is 5.75. The van der Waals surface area contributed by atoms with Crippen LogP contribution in [0.4, 0.5) is 0 Å². The van der Waals surface area contributed by atoms with Crippen molar-refractivity contribution >= 4 is 5.91 Å². The standard InChI is InChI=1S/C21H26N2O2/c1-16-5-2-7-18(11-16)19-8-4-10-23(14-19)13-17-6-3-9-20(12-17)25-15-21(22)24/h2-3,5-7,9,11-12,19H,4,8,10,13-15H2,1H3,(H2,22,24)/t19-/m1/s1. The molecule has 1 atom stereocenters. The third-order valence-corrected chi connectivity index (χ3v) is 4.70. The van der Waals surface area contributed by atoms with Crippen molar-refractivity contribution in [3.8, 4) is 5.75 Å². The van der Waals surface area contributed by atoms with Gasteiger partial charge in [-0.1, -0.05) is 42.0 Å². The Morgan fingerprint density at radius 1 is 1.24 bits per heavy atom. The second-order valence-corrected chi connectivity index (χ2v) is 6.89. The average Bonchev–Trinajstić information content (AvgIpc) is 2.61. The summed E-state index contributed by atoms with van der Waals surface area (Å²) in [5.41, 5.74) is 9.11. The predicted octanol–water partition coefficient (Wildman–Crippen LogP) is 3.24. The molecule has 2 aromatic rings. The molecule has 4 nitrogen and oxygen atoms in total. The Kier molecular flexibility index (Phi) is 5.71. The number of nitrogens with two attached hydrogens (primary N) is 1. The van der Waals surface area contributed by atoms with Crippen LogP contribution in [0.15, 0.2) is 48.5 Å². The summed E-state index contributed by atoms with van der Waals surface area (Å²) in [6, 6.07) is 16.8. The number of ether oxygens (including phenoxy) is 1. The van der Waals surface area contributed by atoms with Crippen molar-refractivity contribution in [3.05, 3.63) is 65.2 Å². The van der Waals surface area contributed by atoms with E-state index in [2.05, 4.69) is 42.2 Å². The molecule has 132 valence electrons. The third kappa shape index (κ3) is 5.07. The Hall–Kier alpha value is -2.33.